The SMILES string of the molecule is CC(C)=CCC/C(C)=C/CC/C(C)=C/CC/C(C)=C/CC/C(C)=C/CC/C(C)=C/Cc1cc(OS(=O)(=O)O)ccc1O. The van der Waals surface area contributed by atoms with Crippen molar-refractivity contribution < 1.29 is 22.3 Å². The van der Waals surface area contributed by atoms with Gasteiger partial charge in [-0.1, -0.05) is 69.9 Å². The second kappa shape index (κ2) is 20.1. The number of phenolic OH excluding ortho intramolecular Hbond substituents is 1. The smallest absolute Gasteiger partial charge is 0.446 e. The van der Waals surface area contributed by atoms with E-state index in [-0.39, 0.29) is 11.5 Å². The summed E-state index contributed by atoms with van der Waals surface area (Å²) in [5, 5.41) is 10.1. The Labute approximate surface area is 256 Å². The molecule has 1 aromatic rings. The fraction of sp³-hybridized carbons (Fsp3) is 0.500. The van der Waals surface area contributed by atoms with E-state index in [4.69, 9.17) is 4.55 Å². The molecule has 1 rings (SSSR count). The van der Waals surface area contributed by atoms with Crippen molar-refractivity contribution in [2.75, 3.05) is 0 Å². The molecule has 0 bridgehead atoms. The van der Waals surface area contributed by atoms with Gasteiger partial charge in [0.15, 0.2) is 0 Å². The van der Waals surface area contributed by atoms with Gasteiger partial charge in [-0.25, -0.2) is 0 Å². The molecule has 0 amide bonds. The molecule has 6 heteroatoms. The van der Waals surface area contributed by atoms with Gasteiger partial charge in [0.2, 0.25) is 0 Å². The summed E-state index contributed by atoms with van der Waals surface area (Å²) in [6, 6.07) is 4.06. The highest BCUT2D eigenvalue weighted by Gasteiger charge is 2.09. The van der Waals surface area contributed by atoms with Crippen LogP contribution in [0.25, 0.3) is 0 Å². The van der Waals surface area contributed by atoms with E-state index in [0.717, 1.165) is 64.2 Å². The highest BCUT2D eigenvalue weighted by Crippen LogP contribution is 2.25. The van der Waals surface area contributed by atoms with E-state index in [9.17, 15) is 13.5 Å². The van der Waals surface area contributed by atoms with E-state index in [1.165, 1.54) is 51.6 Å². The van der Waals surface area contributed by atoms with Crippen LogP contribution in [0, 0.1) is 0 Å². The fourth-order valence-corrected chi connectivity index (χ4v) is 4.81. The quantitative estimate of drug-likeness (QED) is 0.122. The molecule has 0 aliphatic rings. The number of benzene rings is 1. The fourth-order valence-electron chi connectivity index (χ4n) is 4.47. The van der Waals surface area contributed by atoms with Crippen LogP contribution < -0.4 is 4.18 Å². The standard InChI is InChI=1S/C36H54O5S/c1-28(2)13-8-14-29(3)15-9-16-30(4)17-10-18-31(5)19-11-20-32(6)21-12-22-33(7)23-24-34-27-35(25-26-36(34)37)41-42(38,39)40/h13,15,17,19,21,23,25-27,37H,8-12,14,16,18,20,22,24H2,1-7H3,(H,38,39,40)/b29-15+,30-17+,31-19+,32-21+,33-23+. The Hall–Kier alpha value is -2.83. The summed E-state index contributed by atoms with van der Waals surface area (Å²) in [6.07, 6.45) is 25.0. The Bertz CT molecular complexity index is 1270. The van der Waals surface area contributed by atoms with E-state index in [2.05, 4.69) is 76.1 Å². The van der Waals surface area contributed by atoms with Crippen molar-refractivity contribution in [2.45, 2.75) is 119 Å². The number of rotatable bonds is 19. The number of hydrogen-bond donors (Lipinski definition) is 2. The van der Waals surface area contributed by atoms with Crippen molar-refractivity contribution in [3.05, 3.63) is 93.7 Å². The molecule has 0 aliphatic carbocycles. The lowest BCUT2D eigenvalue weighted by Crippen LogP contribution is -2.06. The number of aromatic hydroxyl groups is 1. The molecule has 5 nitrogen and oxygen atoms in total. The van der Waals surface area contributed by atoms with Crippen molar-refractivity contribution in [2.24, 2.45) is 0 Å². The van der Waals surface area contributed by atoms with Gasteiger partial charge in [-0.3, -0.25) is 4.55 Å². The van der Waals surface area contributed by atoms with Crippen LogP contribution in [-0.2, 0) is 16.8 Å². The molecule has 0 saturated heterocycles. The first-order valence-electron chi connectivity index (χ1n) is 15.2. The molecule has 0 spiro atoms. The zero-order valence-corrected chi connectivity index (χ0v) is 27.8. The molecule has 234 valence electrons. The summed E-state index contributed by atoms with van der Waals surface area (Å²) in [5.41, 5.74) is 8.93. The molecule has 0 radical (unpaired) electrons. The summed E-state index contributed by atoms with van der Waals surface area (Å²) in [7, 11) is -4.60. The molecule has 0 aromatic heterocycles. The molecule has 0 atom stereocenters. The van der Waals surface area contributed by atoms with Crippen LogP contribution in [-0.4, -0.2) is 18.1 Å². The molecule has 2 N–H and O–H groups in total. The molecule has 0 heterocycles. The van der Waals surface area contributed by atoms with E-state index in [1.54, 1.807) is 0 Å². The topological polar surface area (TPSA) is 83.8 Å². The van der Waals surface area contributed by atoms with Crippen molar-refractivity contribution in [3.8, 4) is 11.5 Å². The highest BCUT2D eigenvalue weighted by molar-refractivity contribution is 7.81. The molecule has 0 aliphatic heterocycles. The van der Waals surface area contributed by atoms with E-state index in [0.29, 0.717) is 12.0 Å². The van der Waals surface area contributed by atoms with Crippen LogP contribution >= 0.6 is 0 Å². The van der Waals surface area contributed by atoms with Gasteiger partial charge in [-0.2, -0.15) is 8.42 Å². The number of allylic oxidation sites excluding steroid dienone is 12. The van der Waals surface area contributed by atoms with Crippen LogP contribution in [0.3, 0.4) is 0 Å². The Morgan fingerprint density at radius 1 is 0.643 bits per heavy atom. The summed E-state index contributed by atoms with van der Waals surface area (Å²) in [4.78, 5) is 0. The van der Waals surface area contributed by atoms with E-state index in [1.807, 2.05) is 13.0 Å². The molecule has 1 aromatic carbocycles. The molecular weight excluding hydrogens is 544 g/mol. The number of phenols is 1. The molecular formula is C36H54O5S. The monoisotopic (exact) mass is 598 g/mol. The van der Waals surface area contributed by atoms with Gasteiger partial charge in [0, 0.05) is 5.56 Å². The molecule has 0 saturated carbocycles. The summed E-state index contributed by atoms with van der Waals surface area (Å²) in [6.45, 7) is 15.3. The zero-order valence-electron chi connectivity index (χ0n) is 27.0. The maximum Gasteiger partial charge on any atom is 0.446 e. The summed E-state index contributed by atoms with van der Waals surface area (Å²) < 4.78 is 35.2. The van der Waals surface area contributed by atoms with Crippen molar-refractivity contribution >= 4 is 10.4 Å². The van der Waals surface area contributed by atoms with Gasteiger partial charge in [0.25, 0.3) is 0 Å². The molecule has 0 unspecified atom stereocenters. The van der Waals surface area contributed by atoms with Crippen LogP contribution in [0.1, 0.15) is 118 Å². The van der Waals surface area contributed by atoms with Gasteiger partial charge in [0.05, 0.1) is 0 Å². The van der Waals surface area contributed by atoms with Crippen LogP contribution in [0.2, 0.25) is 0 Å². The van der Waals surface area contributed by atoms with Gasteiger partial charge in [-0.15, -0.1) is 0 Å². The Morgan fingerprint density at radius 2 is 1.02 bits per heavy atom. The minimum Gasteiger partial charge on any atom is -0.508 e. The second-order valence-electron chi connectivity index (χ2n) is 11.7. The van der Waals surface area contributed by atoms with Crippen LogP contribution in [0.4, 0.5) is 0 Å². The third-order valence-electron chi connectivity index (χ3n) is 7.14. The molecule has 42 heavy (non-hydrogen) atoms. The van der Waals surface area contributed by atoms with Crippen LogP contribution in [0.15, 0.2) is 88.1 Å². The average molecular weight is 599 g/mol. The lowest BCUT2D eigenvalue weighted by atomic mass is 10.0. The Morgan fingerprint density at radius 3 is 1.40 bits per heavy atom. The maximum absolute atomic E-state index is 10.9. The predicted molar refractivity (Wildman–Crippen MR) is 178 cm³/mol. The van der Waals surface area contributed by atoms with E-state index < -0.39 is 10.4 Å². The highest BCUT2D eigenvalue weighted by atomic mass is 32.3. The minimum atomic E-state index is -4.60. The van der Waals surface area contributed by atoms with E-state index >= 15 is 0 Å². The largest absolute Gasteiger partial charge is 0.508 e. The lowest BCUT2D eigenvalue weighted by molar-refractivity contribution is 0.386. The first-order valence-corrected chi connectivity index (χ1v) is 16.5. The normalized spacial score (nSPS) is 13.9. The van der Waals surface area contributed by atoms with Crippen molar-refractivity contribution in [1.82, 2.24) is 0 Å². The lowest BCUT2D eigenvalue weighted by Gasteiger charge is -2.07. The summed E-state index contributed by atoms with van der Waals surface area (Å²) >= 11 is 0. The predicted octanol–water partition coefficient (Wildman–Crippen LogP) is 10.7. The number of hydrogen-bond acceptors (Lipinski definition) is 4. The van der Waals surface area contributed by atoms with Crippen molar-refractivity contribution in [3.63, 3.8) is 0 Å². The molecule has 0 fully saturated rings. The van der Waals surface area contributed by atoms with Gasteiger partial charge in [0.1, 0.15) is 11.5 Å². The maximum atomic E-state index is 10.9. The first kappa shape index (κ1) is 37.2. The average Bonchev–Trinajstić information content (AvgIpc) is 2.88. The van der Waals surface area contributed by atoms with Gasteiger partial charge >= 0.3 is 10.4 Å². The van der Waals surface area contributed by atoms with Gasteiger partial charge < -0.3 is 9.29 Å². The minimum absolute atomic E-state index is 0.0364. The van der Waals surface area contributed by atoms with Gasteiger partial charge in [-0.05, 0) is 137 Å². The van der Waals surface area contributed by atoms with Crippen LogP contribution in [0.5, 0.6) is 11.5 Å². The zero-order chi connectivity index (χ0) is 31.5. The first-order chi connectivity index (χ1) is 19.7. The third kappa shape index (κ3) is 19.3. The Balaban J connectivity index is 2.36. The van der Waals surface area contributed by atoms with Crippen molar-refractivity contribution in [1.29, 1.82) is 0 Å². The Kier molecular flexibility index (Phi) is 17.8. The second-order valence-corrected chi connectivity index (χ2v) is 12.8. The third-order valence-corrected chi connectivity index (χ3v) is 7.54. The summed E-state index contributed by atoms with van der Waals surface area (Å²) in [5.74, 6) is 0.0156.